The van der Waals surface area contributed by atoms with Gasteiger partial charge < -0.3 is 10.5 Å². The van der Waals surface area contributed by atoms with Crippen LogP contribution in [-0.2, 0) is 18.3 Å². The van der Waals surface area contributed by atoms with Crippen LogP contribution in [0.25, 0.3) is 0 Å². The Kier molecular flexibility index (Phi) is 7.02. The Balaban J connectivity index is 1.86. The van der Waals surface area contributed by atoms with Crippen molar-refractivity contribution in [3.63, 3.8) is 0 Å². The van der Waals surface area contributed by atoms with Crippen LogP contribution in [0.2, 0.25) is 0 Å². The molecule has 0 aliphatic carbocycles. The molecular weight excluding hydrogens is 426 g/mol. The highest BCUT2D eigenvalue weighted by Gasteiger charge is 2.24. The Morgan fingerprint density at radius 3 is 2.18 bits per heavy atom. The molecule has 0 bridgehead atoms. The van der Waals surface area contributed by atoms with Gasteiger partial charge in [-0.3, -0.25) is 23.5 Å². The number of carbonyl (C=O) groups excluding carboxylic acids is 3. The standard InChI is InChI=1S/C24H23N3O6/c1-3-13-27-21(25)19(22(30)26(2)24(27)32)18(28)14-33-23(31)17-12-8-7-11-16(17)20(29)15-9-5-4-6-10-15/h4-12H,3,13-14,25H2,1-2H3. The van der Waals surface area contributed by atoms with Crippen molar-refractivity contribution in [3.05, 3.63) is 97.7 Å². The average Bonchev–Trinajstić information content (AvgIpc) is 2.84. The van der Waals surface area contributed by atoms with E-state index in [9.17, 15) is 24.0 Å². The second kappa shape index (κ2) is 9.90. The Labute approximate surface area is 189 Å². The van der Waals surface area contributed by atoms with Crippen molar-refractivity contribution >= 4 is 23.4 Å². The van der Waals surface area contributed by atoms with Crippen LogP contribution in [0.5, 0.6) is 0 Å². The largest absolute Gasteiger partial charge is 0.454 e. The molecular formula is C24H23N3O6. The third kappa shape index (κ3) is 4.67. The molecule has 3 aromatic rings. The predicted molar refractivity (Wildman–Crippen MR) is 122 cm³/mol. The second-order valence-electron chi connectivity index (χ2n) is 7.30. The lowest BCUT2D eigenvalue weighted by atomic mass is 9.98. The minimum atomic E-state index is -0.902. The molecule has 1 heterocycles. The average molecular weight is 449 g/mol. The quantitative estimate of drug-likeness (QED) is 0.410. The zero-order chi connectivity index (χ0) is 24.1. The third-order valence-electron chi connectivity index (χ3n) is 5.07. The normalized spacial score (nSPS) is 10.6. The van der Waals surface area contributed by atoms with E-state index in [4.69, 9.17) is 10.5 Å². The Bertz CT molecular complexity index is 1340. The van der Waals surface area contributed by atoms with Crippen molar-refractivity contribution < 1.29 is 19.1 Å². The van der Waals surface area contributed by atoms with Crippen LogP contribution in [0.1, 0.15) is 50.0 Å². The minimum absolute atomic E-state index is 0.0176. The summed E-state index contributed by atoms with van der Waals surface area (Å²) in [5.74, 6) is -2.40. The Morgan fingerprint density at radius 2 is 1.55 bits per heavy atom. The molecule has 0 aliphatic rings. The highest BCUT2D eigenvalue weighted by atomic mass is 16.5. The second-order valence-corrected chi connectivity index (χ2v) is 7.30. The summed E-state index contributed by atoms with van der Waals surface area (Å²) in [5.41, 5.74) is 4.49. The van der Waals surface area contributed by atoms with Gasteiger partial charge in [0.15, 0.2) is 12.4 Å². The van der Waals surface area contributed by atoms with Crippen LogP contribution >= 0.6 is 0 Å². The minimum Gasteiger partial charge on any atom is -0.454 e. The molecule has 170 valence electrons. The van der Waals surface area contributed by atoms with Crippen LogP contribution in [0.3, 0.4) is 0 Å². The van der Waals surface area contributed by atoms with Crippen LogP contribution in [0, 0.1) is 0 Å². The number of ketones is 2. The van der Waals surface area contributed by atoms with Gasteiger partial charge in [-0.2, -0.15) is 0 Å². The smallest absolute Gasteiger partial charge is 0.339 e. The maximum Gasteiger partial charge on any atom is 0.339 e. The van der Waals surface area contributed by atoms with E-state index in [0.29, 0.717) is 12.0 Å². The summed E-state index contributed by atoms with van der Waals surface area (Å²) < 4.78 is 7.04. The third-order valence-corrected chi connectivity index (χ3v) is 5.07. The Morgan fingerprint density at radius 1 is 0.939 bits per heavy atom. The van der Waals surface area contributed by atoms with Crippen molar-refractivity contribution in [1.29, 1.82) is 0 Å². The summed E-state index contributed by atoms with van der Waals surface area (Å²) in [7, 11) is 1.24. The number of aromatic nitrogens is 2. The molecule has 0 saturated carbocycles. The van der Waals surface area contributed by atoms with Gasteiger partial charge in [0.1, 0.15) is 11.4 Å². The van der Waals surface area contributed by atoms with Crippen LogP contribution in [0.15, 0.2) is 64.2 Å². The molecule has 2 aromatic carbocycles. The summed E-state index contributed by atoms with van der Waals surface area (Å²) in [6.07, 6.45) is 0.553. The molecule has 0 fully saturated rings. The number of Topliss-reactive ketones (excluding diaryl/α,β-unsaturated/α-hetero) is 1. The highest BCUT2D eigenvalue weighted by Crippen LogP contribution is 2.16. The molecule has 9 heteroatoms. The van der Waals surface area contributed by atoms with Gasteiger partial charge in [-0.25, -0.2) is 9.59 Å². The van der Waals surface area contributed by atoms with E-state index in [1.165, 1.54) is 19.2 Å². The SMILES string of the molecule is CCCn1c(N)c(C(=O)COC(=O)c2ccccc2C(=O)c2ccccc2)c(=O)n(C)c1=O. The number of hydrogen-bond acceptors (Lipinski definition) is 7. The number of rotatable bonds is 8. The summed E-state index contributed by atoms with van der Waals surface area (Å²) >= 11 is 0. The number of hydrogen-bond donors (Lipinski definition) is 1. The fourth-order valence-electron chi connectivity index (χ4n) is 3.37. The predicted octanol–water partition coefficient (Wildman–Crippen LogP) is 1.81. The number of nitrogens with zero attached hydrogens (tertiary/aromatic N) is 2. The van der Waals surface area contributed by atoms with Gasteiger partial charge in [-0.15, -0.1) is 0 Å². The van der Waals surface area contributed by atoms with Crippen LogP contribution in [-0.4, -0.2) is 33.3 Å². The monoisotopic (exact) mass is 449 g/mol. The zero-order valence-corrected chi connectivity index (χ0v) is 18.2. The van der Waals surface area contributed by atoms with E-state index < -0.39 is 35.2 Å². The van der Waals surface area contributed by atoms with Gasteiger partial charge in [0.25, 0.3) is 5.56 Å². The van der Waals surface area contributed by atoms with E-state index in [1.807, 2.05) is 6.92 Å². The summed E-state index contributed by atoms with van der Waals surface area (Å²) in [6, 6.07) is 14.5. The highest BCUT2D eigenvalue weighted by molar-refractivity contribution is 6.14. The molecule has 33 heavy (non-hydrogen) atoms. The van der Waals surface area contributed by atoms with Gasteiger partial charge in [0.05, 0.1) is 5.56 Å². The number of anilines is 1. The van der Waals surface area contributed by atoms with E-state index in [0.717, 1.165) is 9.13 Å². The van der Waals surface area contributed by atoms with Crippen LogP contribution in [0.4, 0.5) is 5.82 Å². The Hall–Kier alpha value is -4.27. The molecule has 2 N–H and O–H groups in total. The maximum atomic E-state index is 12.8. The van der Waals surface area contributed by atoms with E-state index in [2.05, 4.69) is 0 Å². The van der Waals surface area contributed by atoms with Crippen molar-refractivity contribution in [3.8, 4) is 0 Å². The van der Waals surface area contributed by atoms with Gasteiger partial charge >= 0.3 is 11.7 Å². The van der Waals surface area contributed by atoms with E-state index >= 15 is 0 Å². The van der Waals surface area contributed by atoms with E-state index in [1.54, 1.807) is 42.5 Å². The lowest BCUT2D eigenvalue weighted by Crippen LogP contribution is -2.43. The van der Waals surface area contributed by atoms with Crippen molar-refractivity contribution in [2.75, 3.05) is 12.3 Å². The molecule has 1 aromatic heterocycles. The molecule has 0 unspecified atom stereocenters. The van der Waals surface area contributed by atoms with Gasteiger partial charge in [0, 0.05) is 24.7 Å². The number of nitrogen functional groups attached to an aromatic ring is 1. The summed E-state index contributed by atoms with van der Waals surface area (Å²) in [5, 5.41) is 0. The molecule has 0 amide bonds. The molecule has 0 radical (unpaired) electrons. The maximum absolute atomic E-state index is 12.8. The number of nitrogens with two attached hydrogens (primary N) is 1. The van der Waals surface area contributed by atoms with Crippen molar-refractivity contribution in [2.24, 2.45) is 7.05 Å². The van der Waals surface area contributed by atoms with E-state index in [-0.39, 0.29) is 29.3 Å². The number of benzene rings is 2. The van der Waals surface area contributed by atoms with Crippen LogP contribution < -0.4 is 17.0 Å². The first kappa shape index (κ1) is 23.4. The topological polar surface area (TPSA) is 130 Å². The molecule has 0 spiro atoms. The first-order chi connectivity index (χ1) is 15.8. The number of esters is 1. The fraction of sp³-hybridized carbons (Fsp3) is 0.208. The zero-order valence-electron chi connectivity index (χ0n) is 18.2. The number of carbonyl (C=O) groups is 3. The van der Waals surface area contributed by atoms with Gasteiger partial charge in [-0.05, 0) is 12.5 Å². The lowest BCUT2D eigenvalue weighted by Gasteiger charge is -2.14. The van der Waals surface area contributed by atoms with Gasteiger partial charge in [-0.1, -0.05) is 55.5 Å². The molecule has 0 saturated heterocycles. The summed E-state index contributed by atoms with van der Waals surface area (Å²) in [6.45, 7) is 1.25. The summed E-state index contributed by atoms with van der Waals surface area (Å²) in [4.78, 5) is 63.0. The number of ether oxygens (including phenoxy) is 1. The fourth-order valence-corrected chi connectivity index (χ4v) is 3.37. The lowest BCUT2D eigenvalue weighted by molar-refractivity contribution is 0.0472. The first-order valence-corrected chi connectivity index (χ1v) is 10.3. The van der Waals surface area contributed by atoms with Gasteiger partial charge in [0.2, 0.25) is 5.78 Å². The molecule has 3 rings (SSSR count). The van der Waals surface area contributed by atoms with Crippen molar-refractivity contribution in [1.82, 2.24) is 9.13 Å². The molecule has 0 atom stereocenters. The molecule has 0 aliphatic heterocycles. The molecule has 9 nitrogen and oxygen atoms in total. The first-order valence-electron chi connectivity index (χ1n) is 10.3. The van der Waals surface area contributed by atoms with Crippen molar-refractivity contribution in [2.45, 2.75) is 19.9 Å².